The van der Waals surface area contributed by atoms with Gasteiger partial charge < -0.3 is 24.4 Å². The maximum absolute atomic E-state index is 13.4. The predicted molar refractivity (Wildman–Crippen MR) is 140 cm³/mol. The third-order valence-corrected chi connectivity index (χ3v) is 6.54. The van der Waals surface area contributed by atoms with Gasteiger partial charge in [0.15, 0.2) is 0 Å². The highest BCUT2D eigenvalue weighted by Gasteiger charge is 2.47. The van der Waals surface area contributed by atoms with Crippen LogP contribution in [0.2, 0.25) is 0 Å². The Labute approximate surface area is 216 Å². The molecule has 9 heteroatoms. The lowest BCUT2D eigenvalue weighted by molar-refractivity contribution is -0.140. The molecular weight excluding hydrogens is 472 g/mol. The van der Waals surface area contributed by atoms with Gasteiger partial charge in [-0.1, -0.05) is 18.2 Å². The number of hydrogen-bond acceptors (Lipinski definition) is 7. The Kier molecular flexibility index (Phi) is 7.63. The van der Waals surface area contributed by atoms with Crippen molar-refractivity contribution in [1.82, 2.24) is 19.6 Å². The molecule has 37 heavy (non-hydrogen) atoms. The van der Waals surface area contributed by atoms with Gasteiger partial charge in [0.2, 0.25) is 0 Å². The summed E-state index contributed by atoms with van der Waals surface area (Å²) in [6, 6.07) is 13.8. The van der Waals surface area contributed by atoms with Crippen LogP contribution in [0.15, 0.2) is 60.3 Å². The van der Waals surface area contributed by atoms with Crippen molar-refractivity contribution in [3.63, 3.8) is 0 Å². The van der Waals surface area contributed by atoms with Crippen molar-refractivity contribution >= 4 is 17.4 Å². The first-order chi connectivity index (χ1) is 17.8. The van der Waals surface area contributed by atoms with Gasteiger partial charge in [0, 0.05) is 12.1 Å². The largest absolute Gasteiger partial charge is 0.507 e. The molecule has 1 atom stereocenters. The third kappa shape index (κ3) is 4.95. The first-order valence-corrected chi connectivity index (χ1v) is 12.0. The monoisotopic (exact) mass is 504 g/mol. The van der Waals surface area contributed by atoms with Gasteiger partial charge in [-0.15, -0.1) is 0 Å². The zero-order chi connectivity index (χ0) is 26.7. The van der Waals surface area contributed by atoms with Gasteiger partial charge in [0.1, 0.15) is 17.3 Å². The lowest BCUT2D eigenvalue weighted by Crippen LogP contribution is -2.32. The SMILES string of the molecule is COc1ccc(OC)c([C@@H]2/C(=C(\O)c3cnn(-c4ccccc4)c3C)C(=O)C(=O)N2CCCN(C)C)c1. The van der Waals surface area contributed by atoms with E-state index in [1.165, 1.54) is 18.2 Å². The molecule has 3 aromatic rings. The lowest BCUT2D eigenvalue weighted by atomic mass is 9.94. The van der Waals surface area contributed by atoms with Crippen molar-refractivity contribution in [3.05, 3.63) is 77.1 Å². The number of hydrogen-bond donors (Lipinski definition) is 1. The summed E-state index contributed by atoms with van der Waals surface area (Å²) in [6.45, 7) is 2.87. The van der Waals surface area contributed by atoms with E-state index < -0.39 is 17.7 Å². The molecule has 0 aliphatic carbocycles. The molecule has 0 bridgehead atoms. The summed E-state index contributed by atoms with van der Waals surface area (Å²) in [4.78, 5) is 30.3. The van der Waals surface area contributed by atoms with Crippen molar-refractivity contribution in [1.29, 1.82) is 0 Å². The zero-order valence-corrected chi connectivity index (χ0v) is 21.8. The molecule has 194 valence electrons. The summed E-state index contributed by atoms with van der Waals surface area (Å²) in [5, 5.41) is 16.0. The van der Waals surface area contributed by atoms with Gasteiger partial charge in [-0.3, -0.25) is 9.59 Å². The normalized spacial score (nSPS) is 17.0. The van der Waals surface area contributed by atoms with Gasteiger partial charge >= 0.3 is 0 Å². The van der Waals surface area contributed by atoms with Gasteiger partial charge in [-0.25, -0.2) is 4.68 Å². The van der Waals surface area contributed by atoms with E-state index in [2.05, 4.69) is 5.10 Å². The van der Waals surface area contributed by atoms with Crippen LogP contribution in [0.25, 0.3) is 11.4 Å². The summed E-state index contributed by atoms with van der Waals surface area (Å²) in [5.41, 5.74) is 2.38. The second kappa shape index (κ2) is 10.9. The highest BCUT2D eigenvalue weighted by atomic mass is 16.5. The molecule has 0 unspecified atom stereocenters. The number of methoxy groups -OCH3 is 2. The highest BCUT2D eigenvalue weighted by molar-refractivity contribution is 6.46. The molecule has 0 saturated carbocycles. The molecule has 4 rings (SSSR count). The molecule has 1 amide bonds. The molecule has 9 nitrogen and oxygen atoms in total. The maximum Gasteiger partial charge on any atom is 0.295 e. The Bertz CT molecular complexity index is 1330. The van der Waals surface area contributed by atoms with E-state index in [1.54, 1.807) is 30.0 Å². The number of likely N-dealkylation sites (tertiary alicyclic amines) is 1. The number of aliphatic hydroxyl groups is 1. The summed E-state index contributed by atoms with van der Waals surface area (Å²) in [5.74, 6) is -0.661. The van der Waals surface area contributed by atoms with Crippen LogP contribution in [0.4, 0.5) is 0 Å². The number of para-hydroxylation sites is 1. The molecule has 1 saturated heterocycles. The van der Waals surface area contributed by atoms with Crippen LogP contribution >= 0.6 is 0 Å². The van der Waals surface area contributed by atoms with Crippen LogP contribution in [0.1, 0.15) is 29.3 Å². The Balaban J connectivity index is 1.88. The molecule has 1 fully saturated rings. The fourth-order valence-corrected chi connectivity index (χ4v) is 4.66. The number of ketones is 1. The first kappa shape index (κ1) is 26.0. The Hall–Kier alpha value is -4.11. The number of benzene rings is 2. The number of ether oxygens (including phenoxy) is 2. The van der Waals surface area contributed by atoms with Crippen LogP contribution < -0.4 is 9.47 Å². The van der Waals surface area contributed by atoms with Gasteiger partial charge in [0.05, 0.1) is 49.0 Å². The smallest absolute Gasteiger partial charge is 0.295 e. The molecule has 1 aliphatic rings. The summed E-state index contributed by atoms with van der Waals surface area (Å²) in [7, 11) is 6.96. The Morgan fingerprint density at radius 1 is 1.08 bits per heavy atom. The van der Waals surface area contributed by atoms with Gasteiger partial charge in [0.25, 0.3) is 11.7 Å². The van der Waals surface area contributed by atoms with Crippen molar-refractivity contribution in [2.75, 3.05) is 41.4 Å². The highest BCUT2D eigenvalue weighted by Crippen LogP contribution is 2.44. The molecule has 1 aliphatic heterocycles. The van der Waals surface area contributed by atoms with Crippen LogP contribution in [0.3, 0.4) is 0 Å². The standard InChI is InChI=1S/C28H32N4O5/c1-18-22(17-29-32(18)19-10-7-6-8-11-19)26(33)24-25(21-16-20(36-4)12-13-23(21)37-5)31(28(35)27(24)34)15-9-14-30(2)3/h6-8,10-13,16-17,25,33H,9,14-15H2,1-5H3/b26-24+/t25-/m1/s1. The van der Waals surface area contributed by atoms with Gasteiger partial charge in [-0.05, 0) is 64.3 Å². The van der Waals surface area contributed by atoms with Crippen LogP contribution in [-0.4, -0.2) is 77.8 Å². The zero-order valence-electron chi connectivity index (χ0n) is 21.8. The number of carbonyl (C=O) groups excluding carboxylic acids is 2. The summed E-state index contributed by atoms with van der Waals surface area (Å²) < 4.78 is 12.7. The van der Waals surface area contributed by atoms with E-state index in [0.717, 1.165) is 12.2 Å². The number of aromatic nitrogens is 2. The third-order valence-electron chi connectivity index (χ3n) is 6.54. The molecule has 2 heterocycles. The fourth-order valence-electron chi connectivity index (χ4n) is 4.66. The number of amides is 1. The maximum atomic E-state index is 13.4. The van der Waals surface area contributed by atoms with E-state index in [0.29, 0.717) is 41.3 Å². The molecule has 1 N–H and O–H groups in total. The molecule has 0 radical (unpaired) electrons. The average Bonchev–Trinajstić information content (AvgIpc) is 3.40. The van der Waals surface area contributed by atoms with Crippen molar-refractivity contribution < 1.29 is 24.2 Å². The van der Waals surface area contributed by atoms with E-state index in [-0.39, 0.29) is 11.3 Å². The Morgan fingerprint density at radius 2 is 1.81 bits per heavy atom. The van der Waals surface area contributed by atoms with Crippen molar-refractivity contribution in [3.8, 4) is 17.2 Å². The first-order valence-electron chi connectivity index (χ1n) is 12.0. The number of aliphatic hydroxyl groups excluding tert-OH is 1. The minimum atomic E-state index is -0.855. The van der Waals surface area contributed by atoms with E-state index in [4.69, 9.17) is 9.47 Å². The van der Waals surface area contributed by atoms with Crippen molar-refractivity contribution in [2.24, 2.45) is 0 Å². The topological polar surface area (TPSA) is 97.1 Å². The Morgan fingerprint density at radius 3 is 2.46 bits per heavy atom. The quantitative estimate of drug-likeness (QED) is 0.270. The van der Waals surface area contributed by atoms with E-state index in [9.17, 15) is 14.7 Å². The van der Waals surface area contributed by atoms with E-state index in [1.807, 2.05) is 56.3 Å². The summed E-state index contributed by atoms with van der Waals surface area (Å²) in [6.07, 6.45) is 2.16. The minimum absolute atomic E-state index is 0.00267. The number of nitrogens with zero attached hydrogens (tertiary/aromatic N) is 4. The number of Topliss-reactive ketones (excluding diaryl/α,β-unsaturated/α-hetero) is 1. The second-order valence-electron chi connectivity index (χ2n) is 9.15. The fraction of sp³-hybridized carbons (Fsp3) is 0.321. The second-order valence-corrected chi connectivity index (χ2v) is 9.15. The van der Waals surface area contributed by atoms with Crippen molar-refractivity contribution in [2.45, 2.75) is 19.4 Å². The van der Waals surface area contributed by atoms with Crippen LogP contribution in [0.5, 0.6) is 11.5 Å². The van der Waals surface area contributed by atoms with Gasteiger partial charge in [-0.2, -0.15) is 5.10 Å². The van der Waals surface area contributed by atoms with Crippen LogP contribution in [0, 0.1) is 6.92 Å². The minimum Gasteiger partial charge on any atom is -0.507 e. The van der Waals surface area contributed by atoms with Crippen LogP contribution in [-0.2, 0) is 9.59 Å². The molecule has 0 spiro atoms. The predicted octanol–water partition coefficient (Wildman–Crippen LogP) is 3.57. The average molecular weight is 505 g/mol. The molecule has 2 aromatic carbocycles. The lowest BCUT2D eigenvalue weighted by Gasteiger charge is -2.27. The molecule has 1 aromatic heterocycles. The summed E-state index contributed by atoms with van der Waals surface area (Å²) >= 11 is 0. The number of rotatable bonds is 9. The van der Waals surface area contributed by atoms with E-state index >= 15 is 0 Å². The molecular formula is C28H32N4O5. The number of carbonyl (C=O) groups is 2.